The number of fused-ring (bicyclic) bond motifs is 1. The molecular weight excluding hydrogens is 254 g/mol. The lowest BCUT2D eigenvalue weighted by Crippen LogP contribution is -2.47. The molecule has 2 rings (SSSR count). The van der Waals surface area contributed by atoms with Gasteiger partial charge < -0.3 is 9.55 Å². The van der Waals surface area contributed by atoms with Gasteiger partial charge in [-0.1, -0.05) is 31.3 Å². The number of imidazole rings is 1. The first-order valence-electron chi connectivity index (χ1n) is 6.44. The van der Waals surface area contributed by atoms with Gasteiger partial charge in [-0.2, -0.15) is 0 Å². The minimum atomic E-state index is -1.53. The summed E-state index contributed by atoms with van der Waals surface area (Å²) in [6.07, 6.45) is 5.50. The van der Waals surface area contributed by atoms with Gasteiger partial charge in [0.2, 0.25) is 0 Å². The van der Waals surface area contributed by atoms with E-state index in [1.807, 2.05) is 0 Å². The fourth-order valence-electron chi connectivity index (χ4n) is 1.91. The van der Waals surface area contributed by atoms with Gasteiger partial charge in [0.05, 0.1) is 6.33 Å². The van der Waals surface area contributed by atoms with Crippen LogP contribution in [-0.4, -0.2) is 34.7 Å². The van der Waals surface area contributed by atoms with Crippen molar-refractivity contribution in [1.82, 2.24) is 19.9 Å². The third-order valence-electron chi connectivity index (χ3n) is 2.95. The lowest BCUT2D eigenvalue weighted by molar-refractivity contribution is 1.05. The summed E-state index contributed by atoms with van der Waals surface area (Å²) in [6, 6.07) is 0. The number of allylic oxidation sites excluding steroid dienone is 1. The molecule has 2 aromatic heterocycles. The highest BCUT2D eigenvalue weighted by molar-refractivity contribution is 6.79. The second-order valence-electron chi connectivity index (χ2n) is 5.86. The van der Waals surface area contributed by atoms with Crippen molar-refractivity contribution in [1.29, 1.82) is 0 Å². The van der Waals surface area contributed by atoms with Crippen LogP contribution in [0.15, 0.2) is 24.3 Å². The van der Waals surface area contributed by atoms with Gasteiger partial charge in [-0.3, -0.25) is 0 Å². The summed E-state index contributed by atoms with van der Waals surface area (Å²) < 4.78 is 2.39. The Hall–Kier alpha value is -1.69. The summed E-state index contributed by atoms with van der Waals surface area (Å²) in [4.78, 5) is 16.0. The summed E-state index contributed by atoms with van der Waals surface area (Å²) in [6.45, 7) is 12.1. The van der Waals surface area contributed by atoms with E-state index >= 15 is 0 Å². The summed E-state index contributed by atoms with van der Waals surface area (Å²) >= 11 is 0. The second kappa shape index (κ2) is 5.12. The highest BCUT2D eigenvalue weighted by Gasteiger charge is 2.26. The molecule has 6 heteroatoms. The van der Waals surface area contributed by atoms with Crippen LogP contribution in [0.2, 0.25) is 19.6 Å². The highest BCUT2D eigenvalue weighted by Crippen LogP contribution is 2.24. The van der Waals surface area contributed by atoms with E-state index in [0.717, 1.165) is 23.5 Å². The minimum Gasteiger partial charge on any atom is -0.378 e. The Bertz CT molecular complexity index is 592. The molecule has 102 valence electrons. The van der Waals surface area contributed by atoms with Crippen molar-refractivity contribution in [2.45, 2.75) is 33.5 Å². The zero-order valence-electron chi connectivity index (χ0n) is 12.2. The van der Waals surface area contributed by atoms with Crippen LogP contribution in [0, 0.1) is 0 Å². The van der Waals surface area contributed by atoms with Crippen molar-refractivity contribution in [3.05, 3.63) is 24.3 Å². The zero-order chi connectivity index (χ0) is 14.0. The van der Waals surface area contributed by atoms with Crippen molar-refractivity contribution < 1.29 is 0 Å². The molecule has 2 heterocycles. The average molecular weight is 275 g/mol. The van der Waals surface area contributed by atoms with Crippen molar-refractivity contribution >= 4 is 25.2 Å². The molecular formula is C13H21N5Si. The molecule has 0 saturated heterocycles. The first kappa shape index (κ1) is 13.7. The summed E-state index contributed by atoms with van der Waals surface area (Å²) in [7, 11) is -1.53. The van der Waals surface area contributed by atoms with Gasteiger partial charge in [-0.15, -0.1) is 0 Å². The molecule has 2 aromatic rings. The van der Waals surface area contributed by atoms with Crippen LogP contribution in [0.4, 0.5) is 5.82 Å². The molecule has 1 N–H and O–H groups in total. The van der Waals surface area contributed by atoms with E-state index in [1.165, 1.54) is 5.57 Å². The molecule has 0 atom stereocenters. The van der Waals surface area contributed by atoms with Gasteiger partial charge in [-0.05, 0) is 13.8 Å². The molecule has 19 heavy (non-hydrogen) atoms. The van der Waals surface area contributed by atoms with Gasteiger partial charge in [-0.25, -0.2) is 15.0 Å². The first-order valence-corrected chi connectivity index (χ1v) is 9.89. The molecule has 0 unspecified atom stereocenters. The molecule has 5 nitrogen and oxygen atoms in total. The standard InChI is InChI=1S/C13H21N5Si/c1-10(2)6-7-18(19(3,4)5)13-11-12(15-8-14-11)16-9-17-13/h6,8-9H,7H2,1-5H3,(H,14,15,16,17). The molecule has 0 aromatic carbocycles. The number of aromatic amines is 1. The Balaban J connectivity index is 2.48. The van der Waals surface area contributed by atoms with Crippen molar-refractivity contribution in [3.63, 3.8) is 0 Å². The number of nitrogens with one attached hydrogen (secondary N) is 1. The second-order valence-corrected chi connectivity index (χ2v) is 10.7. The van der Waals surface area contributed by atoms with E-state index in [1.54, 1.807) is 12.7 Å². The fraction of sp³-hybridized carbons (Fsp3) is 0.462. The van der Waals surface area contributed by atoms with Crippen LogP contribution in [0.5, 0.6) is 0 Å². The quantitative estimate of drug-likeness (QED) is 0.688. The topological polar surface area (TPSA) is 57.7 Å². The number of anilines is 1. The lowest BCUT2D eigenvalue weighted by atomic mass is 10.3. The zero-order valence-corrected chi connectivity index (χ0v) is 13.2. The van der Waals surface area contributed by atoms with Gasteiger partial charge in [0.15, 0.2) is 5.65 Å². The first-order chi connectivity index (χ1) is 8.89. The highest BCUT2D eigenvalue weighted by atomic mass is 28.3. The summed E-state index contributed by atoms with van der Waals surface area (Å²) in [5, 5.41) is 0. The van der Waals surface area contributed by atoms with E-state index in [9.17, 15) is 0 Å². The van der Waals surface area contributed by atoms with E-state index in [4.69, 9.17) is 0 Å². The maximum Gasteiger partial charge on any atom is 0.182 e. The molecule has 0 spiro atoms. The van der Waals surface area contributed by atoms with Gasteiger partial charge >= 0.3 is 0 Å². The molecule has 0 bridgehead atoms. The molecule has 0 saturated carbocycles. The minimum absolute atomic E-state index is 0.727. The summed E-state index contributed by atoms with van der Waals surface area (Å²) in [5.74, 6) is 0.958. The fourth-order valence-corrected chi connectivity index (χ4v) is 3.35. The van der Waals surface area contributed by atoms with Gasteiger partial charge in [0.1, 0.15) is 25.9 Å². The smallest absolute Gasteiger partial charge is 0.182 e. The van der Waals surface area contributed by atoms with E-state index in [-0.39, 0.29) is 0 Å². The molecule has 0 radical (unpaired) electrons. The van der Waals surface area contributed by atoms with Crippen LogP contribution >= 0.6 is 0 Å². The average Bonchev–Trinajstić information content (AvgIpc) is 2.75. The largest absolute Gasteiger partial charge is 0.378 e. The predicted octanol–water partition coefficient (Wildman–Crippen LogP) is 2.96. The Morgan fingerprint density at radius 3 is 2.63 bits per heavy atom. The predicted molar refractivity (Wildman–Crippen MR) is 81.8 cm³/mol. The Kier molecular flexibility index (Phi) is 3.70. The van der Waals surface area contributed by atoms with E-state index in [0.29, 0.717) is 0 Å². The Morgan fingerprint density at radius 1 is 1.26 bits per heavy atom. The number of hydrogen-bond donors (Lipinski definition) is 1. The van der Waals surface area contributed by atoms with Gasteiger partial charge in [0, 0.05) is 6.54 Å². The summed E-state index contributed by atoms with van der Waals surface area (Å²) in [5.41, 5.74) is 2.97. The van der Waals surface area contributed by atoms with Crippen LogP contribution in [0.1, 0.15) is 13.8 Å². The SMILES string of the molecule is CC(C)=CCN(c1ncnc2nc[nH]c12)[Si](C)(C)C. The third-order valence-corrected chi connectivity index (χ3v) is 4.96. The van der Waals surface area contributed by atoms with E-state index < -0.39 is 8.24 Å². The monoisotopic (exact) mass is 275 g/mol. The molecule has 0 aliphatic carbocycles. The normalized spacial score (nSPS) is 11.6. The number of aromatic nitrogens is 4. The molecule has 0 aliphatic rings. The number of hydrogen-bond acceptors (Lipinski definition) is 4. The third kappa shape index (κ3) is 3.01. The maximum atomic E-state index is 4.47. The van der Waals surface area contributed by atoms with Crippen LogP contribution < -0.4 is 4.57 Å². The lowest BCUT2D eigenvalue weighted by Gasteiger charge is -2.34. The Labute approximate surface area is 114 Å². The van der Waals surface area contributed by atoms with Gasteiger partial charge in [0.25, 0.3) is 0 Å². The Morgan fingerprint density at radius 2 is 2.00 bits per heavy atom. The number of H-pyrrole nitrogens is 1. The van der Waals surface area contributed by atoms with Crippen molar-refractivity contribution in [2.24, 2.45) is 0 Å². The number of rotatable bonds is 4. The molecule has 0 fully saturated rings. The van der Waals surface area contributed by atoms with Crippen LogP contribution in [0.3, 0.4) is 0 Å². The molecule has 0 aliphatic heterocycles. The van der Waals surface area contributed by atoms with Crippen molar-refractivity contribution in [2.75, 3.05) is 11.1 Å². The van der Waals surface area contributed by atoms with Crippen LogP contribution in [-0.2, 0) is 0 Å². The van der Waals surface area contributed by atoms with Crippen molar-refractivity contribution in [3.8, 4) is 0 Å². The van der Waals surface area contributed by atoms with Crippen LogP contribution in [0.25, 0.3) is 11.2 Å². The number of nitrogens with zero attached hydrogens (tertiary/aromatic N) is 4. The molecule has 0 amide bonds. The maximum absolute atomic E-state index is 4.47. The van der Waals surface area contributed by atoms with E-state index in [2.05, 4.69) is 64.1 Å².